The molecule has 0 spiro atoms. The van der Waals surface area contributed by atoms with Gasteiger partial charge in [0.2, 0.25) is 0 Å². The van der Waals surface area contributed by atoms with Crippen LogP contribution in [0, 0.1) is 5.82 Å². The Morgan fingerprint density at radius 2 is 1.91 bits per heavy atom. The number of Topliss-reactive ketones (excluding diaryl/α,β-unsaturated/α-hetero) is 1. The van der Waals surface area contributed by atoms with E-state index in [1.807, 2.05) is 29.6 Å². The summed E-state index contributed by atoms with van der Waals surface area (Å²) in [5.74, 6) is 0.144. The van der Waals surface area contributed by atoms with E-state index in [9.17, 15) is 9.18 Å². The zero-order valence-electron chi connectivity index (χ0n) is 11.4. The highest BCUT2D eigenvalue weighted by molar-refractivity contribution is 7.99. The largest absolute Gasteiger partial charge is 0.292 e. The second-order valence-corrected chi connectivity index (χ2v) is 6.40. The zero-order chi connectivity index (χ0) is 15.4. The molecule has 22 heavy (non-hydrogen) atoms. The third-order valence-electron chi connectivity index (χ3n) is 2.93. The summed E-state index contributed by atoms with van der Waals surface area (Å²) in [7, 11) is 0. The van der Waals surface area contributed by atoms with Crippen LogP contribution in [0.15, 0.2) is 58.9 Å². The average Bonchev–Trinajstić information content (AvgIpc) is 3.08. The standard InChI is InChI=1S/C16H11FN2OS2/c17-12-5-3-11(4-6-12)13-7-8-16(19-18-13)22-10-14(20)15-2-1-9-21-15/h1-9H,10H2. The first-order valence-electron chi connectivity index (χ1n) is 6.51. The van der Waals surface area contributed by atoms with Gasteiger partial charge in [0.25, 0.3) is 0 Å². The highest BCUT2D eigenvalue weighted by atomic mass is 32.2. The lowest BCUT2D eigenvalue weighted by atomic mass is 10.1. The van der Waals surface area contributed by atoms with Crippen molar-refractivity contribution in [2.24, 2.45) is 0 Å². The molecule has 0 saturated carbocycles. The summed E-state index contributed by atoms with van der Waals surface area (Å²) < 4.78 is 12.9. The van der Waals surface area contributed by atoms with Crippen LogP contribution in [0.4, 0.5) is 4.39 Å². The topological polar surface area (TPSA) is 42.9 Å². The predicted octanol–water partition coefficient (Wildman–Crippen LogP) is 4.32. The van der Waals surface area contributed by atoms with Crippen molar-refractivity contribution in [3.8, 4) is 11.3 Å². The number of ketones is 1. The predicted molar refractivity (Wildman–Crippen MR) is 86.8 cm³/mol. The minimum atomic E-state index is -0.282. The van der Waals surface area contributed by atoms with Crippen molar-refractivity contribution >= 4 is 28.9 Å². The van der Waals surface area contributed by atoms with Crippen LogP contribution >= 0.6 is 23.1 Å². The third-order valence-corrected chi connectivity index (χ3v) is 4.76. The maximum Gasteiger partial charge on any atom is 0.183 e. The maximum absolute atomic E-state index is 12.9. The van der Waals surface area contributed by atoms with Gasteiger partial charge in [0.05, 0.1) is 16.3 Å². The maximum atomic E-state index is 12.9. The van der Waals surface area contributed by atoms with Crippen LogP contribution in [-0.4, -0.2) is 21.7 Å². The monoisotopic (exact) mass is 330 g/mol. The molecule has 3 aromatic rings. The first-order valence-corrected chi connectivity index (χ1v) is 8.38. The molecule has 2 heterocycles. The summed E-state index contributed by atoms with van der Waals surface area (Å²) in [4.78, 5) is 12.7. The molecule has 0 unspecified atom stereocenters. The van der Waals surface area contributed by atoms with E-state index < -0.39 is 0 Å². The van der Waals surface area contributed by atoms with Crippen LogP contribution in [-0.2, 0) is 0 Å². The highest BCUT2D eigenvalue weighted by Gasteiger charge is 2.08. The van der Waals surface area contributed by atoms with Gasteiger partial charge in [-0.2, -0.15) is 0 Å². The number of hydrogen-bond acceptors (Lipinski definition) is 5. The van der Waals surface area contributed by atoms with E-state index in [-0.39, 0.29) is 11.6 Å². The molecule has 0 N–H and O–H groups in total. The number of thiophene rings is 1. The van der Waals surface area contributed by atoms with E-state index in [0.717, 1.165) is 10.4 Å². The Hall–Kier alpha value is -2.05. The minimum Gasteiger partial charge on any atom is -0.292 e. The van der Waals surface area contributed by atoms with E-state index in [1.165, 1.54) is 35.2 Å². The van der Waals surface area contributed by atoms with Crippen LogP contribution in [0.25, 0.3) is 11.3 Å². The molecule has 0 atom stereocenters. The Kier molecular flexibility index (Phi) is 4.60. The van der Waals surface area contributed by atoms with Gasteiger partial charge in [-0.25, -0.2) is 4.39 Å². The number of rotatable bonds is 5. The molecule has 0 aliphatic carbocycles. The molecule has 110 valence electrons. The number of carbonyl (C=O) groups excluding carboxylic acids is 1. The molecule has 3 nitrogen and oxygen atoms in total. The number of thioether (sulfide) groups is 1. The van der Waals surface area contributed by atoms with Crippen LogP contribution in [0.3, 0.4) is 0 Å². The normalized spacial score (nSPS) is 10.6. The van der Waals surface area contributed by atoms with Crippen molar-refractivity contribution in [1.82, 2.24) is 10.2 Å². The summed E-state index contributed by atoms with van der Waals surface area (Å²) in [5, 5.41) is 10.8. The Labute approximate surface area is 135 Å². The fourth-order valence-corrected chi connectivity index (χ4v) is 3.27. The van der Waals surface area contributed by atoms with E-state index in [4.69, 9.17) is 0 Å². The smallest absolute Gasteiger partial charge is 0.183 e. The summed E-state index contributed by atoms with van der Waals surface area (Å²) in [6.07, 6.45) is 0. The lowest BCUT2D eigenvalue weighted by Crippen LogP contribution is -2.00. The van der Waals surface area contributed by atoms with Crippen molar-refractivity contribution in [1.29, 1.82) is 0 Å². The summed E-state index contributed by atoms with van der Waals surface area (Å²) in [6, 6.07) is 13.4. The SMILES string of the molecule is O=C(CSc1ccc(-c2ccc(F)cc2)nn1)c1cccs1. The molecule has 0 bridgehead atoms. The summed E-state index contributed by atoms with van der Waals surface area (Å²) in [5.41, 5.74) is 1.48. The molecular formula is C16H11FN2OS2. The van der Waals surface area contributed by atoms with E-state index >= 15 is 0 Å². The molecule has 0 fully saturated rings. The Morgan fingerprint density at radius 3 is 2.55 bits per heavy atom. The Morgan fingerprint density at radius 1 is 1.09 bits per heavy atom. The molecule has 0 amide bonds. The van der Waals surface area contributed by atoms with Gasteiger partial charge >= 0.3 is 0 Å². The zero-order valence-corrected chi connectivity index (χ0v) is 13.0. The number of halogens is 1. The molecule has 0 radical (unpaired) electrons. The quantitative estimate of drug-likeness (QED) is 0.516. The van der Waals surface area contributed by atoms with Gasteiger partial charge in [0, 0.05) is 5.56 Å². The number of benzene rings is 1. The van der Waals surface area contributed by atoms with Crippen molar-refractivity contribution in [3.05, 3.63) is 64.6 Å². The van der Waals surface area contributed by atoms with Crippen molar-refractivity contribution in [2.45, 2.75) is 5.03 Å². The van der Waals surface area contributed by atoms with Gasteiger partial charge in [-0.1, -0.05) is 17.8 Å². The van der Waals surface area contributed by atoms with E-state index in [0.29, 0.717) is 16.5 Å². The van der Waals surface area contributed by atoms with Crippen LogP contribution in [0.1, 0.15) is 9.67 Å². The number of nitrogens with zero attached hydrogens (tertiary/aromatic N) is 2. The van der Waals surface area contributed by atoms with Crippen molar-refractivity contribution in [2.75, 3.05) is 5.75 Å². The third kappa shape index (κ3) is 3.58. The van der Waals surface area contributed by atoms with E-state index in [1.54, 1.807) is 12.1 Å². The lowest BCUT2D eigenvalue weighted by molar-refractivity contribution is 0.102. The van der Waals surface area contributed by atoms with Crippen LogP contribution < -0.4 is 0 Å². The molecule has 1 aromatic carbocycles. The minimum absolute atomic E-state index is 0.0874. The average molecular weight is 330 g/mol. The Bertz CT molecular complexity index is 756. The van der Waals surface area contributed by atoms with Crippen LogP contribution in [0.5, 0.6) is 0 Å². The van der Waals surface area contributed by atoms with Gasteiger partial charge in [0.1, 0.15) is 10.8 Å². The Balaban J connectivity index is 1.64. The number of hydrogen-bond donors (Lipinski definition) is 0. The van der Waals surface area contributed by atoms with Crippen LogP contribution in [0.2, 0.25) is 0 Å². The number of aromatic nitrogens is 2. The van der Waals surface area contributed by atoms with Gasteiger partial charge in [0.15, 0.2) is 5.78 Å². The molecule has 0 aliphatic rings. The molecule has 2 aromatic heterocycles. The van der Waals surface area contributed by atoms with E-state index in [2.05, 4.69) is 10.2 Å². The molecule has 0 saturated heterocycles. The summed E-state index contributed by atoms with van der Waals surface area (Å²) in [6.45, 7) is 0. The lowest BCUT2D eigenvalue weighted by Gasteiger charge is -2.02. The molecule has 3 rings (SSSR count). The van der Waals surface area contributed by atoms with Crippen molar-refractivity contribution in [3.63, 3.8) is 0 Å². The first kappa shape index (κ1) is 14.9. The van der Waals surface area contributed by atoms with Gasteiger partial charge in [-0.05, 0) is 47.8 Å². The first-order chi connectivity index (χ1) is 10.7. The molecule has 0 aliphatic heterocycles. The van der Waals surface area contributed by atoms with Gasteiger partial charge in [-0.3, -0.25) is 4.79 Å². The van der Waals surface area contributed by atoms with Crippen molar-refractivity contribution < 1.29 is 9.18 Å². The second-order valence-electron chi connectivity index (χ2n) is 4.45. The fourth-order valence-electron chi connectivity index (χ4n) is 1.82. The van der Waals surface area contributed by atoms with Gasteiger partial charge in [-0.15, -0.1) is 21.5 Å². The fraction of sp³-hybridized carbons (Fsp3) is 0.0625. The van der Waals surface area contributed by atoms with Gasteiger partial charge < -0.3 is 0 Å². The molecule has 6 heteroatoms. The summed E-state index contributed by atoms with van der Waals surface area (Å²) >= 11 is 2.79. The number of carbonyl (C=O) groups is 1. The molecular weight excluding hydrogens is 319 g/mol. The highest BCUT2D eigenvalue weighted by Crippen LogP contribution is 2.21. The second kappa shape index (κ2) is 6.81.